The molecule has 0 saturated heterocycles. The second kappa shape index (κ2) is 4.81. The number of imidazole rings is 1. The largest absolute Gasteiger partial charge is 0.369 e. The lowest BCUT2D eigenvalue weighted by atomic mass is 10.6. The maximum atomic E-state index is 5.69. The summed E-state index contributed by atoms with van der Waals surface area (Å²) in [5, 5.41) is 0. The smallest absolute Gasteiger partial charge is 0.202 e. The zero-order valence-corrected chi connectivity index (χ0v) is 11.1. The number of aryl methyl sites for hydroxylation is 1. The lowest BCUT2D eigenvalue weighted by molar-refractivity contribution is 0.0886. The van der Waals surface area contributed by atoms with Gasteiger partial charge >= 0.3 is 0 Å². The van der Waals surface area contributed by atoms with Gasteiger partial charge in [-0.05, 0) is 13.0 Å². The molecule has 0 radical (unpaired) electrons. The molecule has 1 aromatic rings. The van der Waals surface area contributed by atoms with Crippen LogP contribution in [0.3, 0.4) is 0 Å². The van der Waals surface area contributed by atoms with E-state index in [0.717, 1.165) is 12.3 Å². The topological polar surface area (TPSA) is 53.1 Å². The van der Waals surface area contributed by atoms with E-state index in [1.807, 2.05) is 17.7 Å². The Kier molecular flexibility index (Phi) is 3.93. The van der Waals surface area contributed by atoms with Crippen LogP contribution < -0.4 is 5.73 Å². The molecule has 15 heavy (non-hydrogen) atoms. The van der Waals surface area contributed by atoms with Crippen LogP contribution in [-0.4, -0.2) is 24.2 Å². The van der Waals surface area contributed by atoms with E-state index in [0.29, 0.717) is 12.7 Å². The summed E-state index contributed by atoms with van der Waals surface area (Å²) >= 11 is 0. The van der Waals surface area contributed by atoms with Gasteiger partial charge in [0, 0.05) is 20.9 Å². The molecular weight excluding hydrogens is 206 g/mol. The molecule has 0 aliphatic carbocycles. The van der Waals surface area contributed by atoms with Crippen LogP contribution in [0.25, 0.3) is 0 Å². The molecule has 86 valence electrons. The number of rotatable bonds is 5. The van der Waals surface area contributed by atoms with Crippen LogP contribution in [0.5, 0.6) is 0 Å². The minimum absolute atomic E-state index is 0.511. The minimum Gasteiger partial charge on any atom is -0.369 e. The summed E-state index contributed by atoms with van der Waals surface area (Å²) in [6.45, 7) is 10.3. The Morgan fingerprint density at radius 3 is 2.60 bits per heavy atom. The van der Waals surface area contributed by atoms with Gasteiger partial charge in [0.05, 0.1) is 5.69 Å². The Hall–Kier alpha value is -0.813. The van der Waals surface area contributed by atoms with E-state index >= 15 is 0 Å². The summed E-state index contributed by atoms with van der Waals surface area (Å²) < 4.78 is 7.40. The predicted octanol–water partition coefficient (Wildman–Crippen LogP) is 2.09. The van der Waals surface area contributed by atoms with E-state index in [9.17, 15) is 0 Å². The van der Waals surface area contributed by atoms with Crippen molar-refractivity contribution in [2.24, 2.45) is 0 Å². The van der Waals surface area contributed by atoms with Gasteiger partial charge < -0.3 is 10.5 Å². The average molecular weight is 227 g/mol. The Balaban J connectivity index is 2.29. The van der Waals surface area contributed by atoms with Crippen molar-refractivity contribution in [3.8, 4) is 0 Å². The zero-order chi connectivity index (χ0) is 11.5. The summed E-state index contributed by atoms with van der Waals surface area (Å²) in [5.41, 5.74) is 6.62. The third-order valence-corrected chi connectivity index (χ3v) is 3.86. The van der Waals surface area contributed by atoms with Crippen LogP contribution in [0.2, 0.25) is 25.7 Å². The monoisotopic (exact) mass is 227 g/mol. The van der Waals surface area contributed by atoms with Gasteiger partial charge in [0.1, 0.15) is 6.73 Å². The van der Waals surface area contributed by atoms with Crippen LogP contribution in [-0.2, 0) is 11.5 Å². The first kappa shape index (κ1) is 12.3. The molecule has 0 atom stereocenters. The SMILES string of the molecule is Cc1cn(COCC[Si](C)(C)C)c(N)n1. The Labute approximate surface area is 92.5 Å². The molecule has 0 bridgehead atoms. The summed E-state index contributed by atoms with van der Waals surface area (Å²) in [7, 11) is -0.985. The standard InChI is InChI=1S/C10H21N3OSi/c1-9-7-13(10(11)12-9)8-14-5-6-15(2,3)4/h7H,5-6,8H2,1-4H3,(H2,11,12). The number of anilines is 1. The first-order chi connectivity index (χ1) is 6.88. The van der Waals surface area contributed by atoms with Gasteiger partial charge in [-0.25, -0.2) is 4.98 Å². The number of aromatic nitrogens is 2. The van der Waals surface area contributed by atoms with Gasteiger partial charge in [-0.3, -0.25) is 4.57 Å². The summed E-state index contributed by atoms with van der Waals surface area (Å²) in [5.74, 6) is 0.528. The third-order valence-electron chi connectivity index (χ3n) is 2.15. The van der Waals surface area contributed by atoms with Gasteiger partial charge in [-0.15, -0.1) is 0 Å². The molecule has 5 heteroatoms. The second-order valence-corrected chi connectivity index (χ2v) is 10.7. The van der Waals surface area contributed by atoms with E-state index in [4.69, 9.17) is 10.5 Å². The fourth-order valence-electron chi connectivity index (χ4n) is 1.21. The van der Waals surface area contributed by atoms with Crippen LogP contribution in [0.4, 0.5) is 5.95 Å². The second-order valence-electron chi connectivity index (χ2n) is 5.06. The fraction of sp³-hybridized carbons (Fsp3) is 0.700. The van der Waals surface area contributed by atoms with Gasteiger partial charge in [0.25, 0.3) is 0 Å². The highest BCUT2D eigenvalue weighted by Gasteiger charge is 2.12. The molecule has 0 saturated carbocycles. The van der Waals surface area contributed by atoms with Crippen LogP contribution in [0, 0.1) is 6.92 Å². The number of nitrogens with zero attached hydrogens (tertiary/aromatic N) is 2. The van der Waals surface area contributed by atoms with Crippen LogP contribution in [0.15, 0.2) is 6.20 Å². The Morgan fingerprint density at radius 2 is 2.13 bits per heavy atom. The van der Waals surface area contributed by atoms with Crippen LogP contribution in [0.1, 0.15) is 5.69 Å². The number of hydrogen-bond donors (Lipinski definition) is 1. The Bertz CT molecular complexity index is 317. The van der Waals surface area contributed by atoms with E-state index in [1.165, 1.54) is 6.04 Å². The molecule has 0 unspecified atom stereocenters. The van der Waals surface area contributed by atoms with Gasteiger partial charge in [-0.1, -0.05) is 19.6 Å². The molecule has 4 nitrogen and oxygen atoms in total. The highest BCUT2D eigenvalue weighted by molar-refractivity contribution is 6.76. The highest BCUT2D eigenvalue weighted by Crippen LogP contribution is 2.09. The van der Waals surface area contributed by atoms with Crippen molar-refractivity contribution in [2.75, 3.05) is 12.3 Å². The molecular formula is C10H21N3OSi. The highest BCUT2D eigenvalue weighted by atomic mass is 28.3. The van der Waals surface area contributed by atoms with Gasteiger partial charge in [0.2, 0.25) is 5.95 Å². The summed E-state index contributed by atoms with van der Waals surface area (Å²) in [6.07, 6.45) is 1.91. The molecule has 1 rings (SSSR count). The van der Waals surface area contributed by atoms with Crippen molar-refractivity contribution < 1.29 is 4.74 Å². The van der Waals surface area contributed by atoms with E-state index < -0.39 is 8.07 Å². The predicted molar refractivity (Wildman–Crippen MR) is 65.5 cm³/mol. The molecule has 1 heterocycles. The van der Waals surface area contributed by atoms with Crippen molar-refractivity contribution in [1.82, 2.24) is 9.55 Å². The van der Waals surface area contributed by atoms with E-state index in [1.54, 1.807) is 0 Å². The summed E-state index contributed by atoms with van der Waals surface area (Å²) in [6, 6.07) is 1.18. The summed E-state index contributed by atoms with van der Waals surface area (Å²) in [4.78, 5) is 4.11. The lowest BCUT2D eigenvalue weighted by Gasteiger charge is -2.15. The first-order valence-electron chi connectivity index (χ1n) is 5.25. The average Bonchev–Trinajstić information content (AvgIpc) is 2.37. The van der Waals surface area contributed by atoms with Crippen molar-refractivity contribution in [3.63, 3.8) is 0 Å². The zero-order valence-electron chi connectivity index (χ0n) is 10.1. The number of hydrogen-bond acceptors (Lipinski definition) is 3. The van der Waals surface area contributed by atoms with Crippen molar-refractivity contribution in [1.29, 1.82) is 0 Å². The van der Waals surface area contributed by atoms with Crippen LogP contribution >= 0.6 is 0 Å². The van der Waals surface area contributed by atoms with Gasteiger partial charge in [0.15, 0.2) is 0 Å². The maximum absolute atomic E-state index is 5.69. The Morgan fingerprint density at radius 1 is 1.47 bits per heavy atom. The molecule has 0 aromatic carbocycles. The number of nitrogen functional groups attached to an aromatic ring is 1. The normalized spacial score (nSPS) is 12.0. The number of nitrogens with two attached hydrogens (primary N) is 1. The lowest BCUT2D eigenvalue weighted by Crippen LogP contribution is -2.22. The molecule has 1 aromatic heterocycles. The van der Waals surface area contributed by atoms with E-state index in [2.05, 4.69) is 24.6 Å². The molecule has 0 aliphatic rings. The fourth-order valence-corrected chi connectivity index (χ4v) is 1.97. The van der Waals surface area contributed by atoms with Crippen molar-refractivity contribution in [3.05, 3.63) is 11.9 Å². The number of ether oxygens (including phenoxy) is 1. The van der Waals surface area contributed by atoms with Gasteiger partial charge in [-0.2, -0.15) is 0 Å². The molecule has 2 N–H and O–H groups in total. The maximum Gasteiger partial charge on any atom is 0.202 e. The third kappa shape index (κ3) is 4.48. The molecule has 0 fully saturated rings. The minimum atomic E-state index is -0.985. The van der Waals surface area contributed by atoms with Crippen molar-refractivity contribution >= 4 is 14.0 Å². The molecule has 0 spiro atoms. The molecule has 0 amide bonds. The van der Waals surface area contributed by atoms with E-state index in [-0.39, 0.29) is 0 Å². The van der Waals surface area contributed by atoms with Crippen molar-refractivity contribution in [2.45, 2.75) is 39.3 Å². The quantitative estimate of drug-likeness (QED) is 0.619. The first-order valence-corrected chi connectivity index (χ1v) is 8.96. The molecule has 0 aliphatic heterocycles.